The quantitative estimate of drug-likeness (QED) is 0.772. The van der Waals surface area contributed by atoms with Gasteiger partial charge in [0, 0.05) is 37.7 Å². The highest BCUT2D eigenvalue weighted by Gasteiger charge is 2.36. The third kappa shape index (κ3) is 4.95. The fraction of sp³-hybridized carbons (Fsp3) is 0.650. The van der Waals surface area contributed by atoms with Crippen LogP contribution in [0.3, 0.4) is 0 Å². The van der Waals surface area contributed by atoms with Gasteiger partial charge in [0.1, 0.15) is 11.5 Å². The van der Waals surface area contributed by atoms with Crippen LogP contribution >= 0.6 is 0 Å². The summed E-state index contributed by atoms with van der Waals surface area (Å²) in [7, 11) is 0. The van der Waals surface area contributed by atoms with Crippen LogP contribution < -0.4 is 5.32 Å². The molecule has 3 rings (SSSR count). The molecule has 5 heteroatoms. The Kier molecular flexibility index (Phi) is 5.97. The minimum absolute atomic E-state index is 0.0725. The Bertz CT molecular complexity index is 602. The van der Waals surface area contributed by atoms with E-state index >= 15 is 0 Å². The van der Waals surface area contributed by atoms with Crippen LogP contribution in [0.25, 0.3) is 6.08 Å². The number of nitrogens with one attached hydrogen (secondary N) is 1. The van der Waals surface area contributed by atoms with Crippen molar-refractivity contribution in [3.63, 3.8) is 0 Å². The van der Waals surface area contributed by atoms with Gasteiger partial charge in [-0.3, -0.25) is 9.69 Å². The predicted molar refractivity (Wildman–Crippen MR) is 98.3 cm³/mol. The van der Waals surface area contributed by atoms with Gasteiger partial charge in [0.25, 0.3) is 0 Å². The monoisotopic (exact) mass is 346 g/mol. The van der Waals surface area contributed by atoms with Gasteiger partial charge in [-0.15, -0.1) is 0 Å². The number of hydrogen-bond donors (Lipinski definition) is 1. The molecule has 0 aromatic carbocycles. The van der Waals surface area contributed by atoms with Gasteiger partial charge in [0.15, 0.2) is 0 Å². The van der Waals surface area contributed by atoms with Crippen molar-refractivity contribution in [3.05, 3.63) is 29.7 Å². The van der Waals surface area contributed by atoms with Gasteiger partial charge >= 0.3 is 0 Å². The molecular weight excluding hydrogens is 316 g/mol. The Morgan fingerprint density at radius 3 is 2.72 bits per heavy atom. The van der Waals surface area contributed by atoms with Crippen LogP contribution in [0.4, 0.5) is 0 Å². The normalized spacial score (nSPS) is 25.4. The zero-order valence-electron chi connectivity index (χ0n) is 15.5. The number of carbonyl (C=O) groups is 1. The molecular formula is C20H30N2O3. The van der Waals surface area contributed by atoms with Crippen LogP contribution in [0.2, 0.25) is 0 Å². The molecule has 1 saturated carbocycles. The first-order chi connectivity index (χ1) is 12.0. The molecule has 0 bridgehead atoms. The van der Waals surface area contributed by atoms with E-state index in [0.29, 0.717) is 24.4 Å². The number of furan rings is 1. The summed E-state index contributed by atoms with van der Waals surface area (Å²) in [5.41, 5.74) is 0. The Hall–Kier alpha value is -1.59. The number of nitrogens with zero attached hydrogens (tertiary/aromatic N) is 1. The Morgan fingerprint density at radius 2 is 2.08 bits per heavy atom. The van der Waals surface area contributed by atoms with Gasteiger partial charge in [-0.2, -0.15) is 0 Å². The second kappa shape index (κ2) is 8.19. The molecule has 0 spiro atoms. The molecule has 25 heavy (non-hydrogen) atoms. The number of morpholine rings is 1. The molecule has 0 unspecified atom stereocenters. The van der Waals surface area contributed by atoms with Gasteiger partial charge in [-0.1, -0.05) is 20.8 Å². The van der Waals surface area contributed by atoms with Crippen molar-refractivity contribution < 1.29 is 13.9 Å². The smallest absolute Gasteiger partial charge is 0.244 e. The molecule has 1 amide bonds. The third-order valence-electron chi connectivity index (χ3n) is 5.29. The number of rotatable bonds is 7. The SMILES string of the molecule is CC(C)[C@H](CNC(=O)/C=C/c1ccc([C@@H]2C[C@H]2C)o1)N1CCOCC1. The molecule has 1 aromatic rings. The Morgan fingerprint density at radius 1 is 1.36 bits per heavy atom. The van der Waals surface area contributed by atoms with Gasteiger partial charge in [-0.25, -0.2) is 0 Å². The predicted octanol–water partition coefficient (Wildman–Crippen LogP) is 2.89. The van der Waals surface area contributed by atoms with Gasteiger partial charge in [-0.05, 0) is 36.5 Å². The van der Waals surface area contributed by atoms with Crippen LogP contribution in [0.15, 0.2) is 22.6 Å². The van der Waals surface area contributed by atoms with Crippen molar-refractivity contribution in [2.45, 2.75) is 39.2 Å². The molecule has 138 valence electrons. The van der Waals surface area contributed by atoms with E-state index in [-0.39, 0.29) is 5.91 Å². The molecule has 2 aliphatic rings. The van der Waals surface area contributed by atoms with Gasteiger partial charge in [0.2, 0.25) is 5.91 Å². The van der Waals surface area contributed by atoms with Crippen molar-refractivity contribution in [1.29, 1.82) is 0 Å². The molecule has 2 heterocycles. The third-order valence-corrected chi connectivity index (χ3v) is 5.29. The van der Waals surface area contributed by atoms with Crippen LogP contribution in [0.1, 0.15) is 44.6 Å². The van der Waals surface area contributed by atoms with Crippen molar-refractivity contribution in [2.75, 3.05) is 32.8 Å². The maximum atomic E-state index is 12.1. The zero-order valence-corrected chi connectivity index (χ0v) is 15.5. The van der Waals surface area contributed by atoms with Crippen LogP contribution in [0, 0.1) is 11.8 Å². The summed E-state index contributed by atoms with van der Waals surface area (Å²) in [6.45, 7) is 10.7. The number of ether oxygens (including phenoxy) is 1. The van der Waals surface area contributed by atoms with E-state index in [4.69, 9.17) is 9.15 Å². The first-order valence-corrected chi connectivity index (χ1v) is 9.42. The summed E-state index contributed by atoms with van der Waals surface area (Å²) in [4.78, 5) is 14.6. The summed E-state index contributed by atoms with van der Waals surface area (Å²) < 4.78 is 11.2. The minimum Gasteiger partial charge on any atom is -0.461 e. The summed E-state index contributed by atoms with van der Waals surface area (Å²) in [6.07, 6.45) is 4.52. The molecule has 2 fully saturated rings. The fourth-order valence-corrected chi connectivity index (χ4v) is 3.49. The Labute approximate surface area is 150 Å². The summed E-state index contributed by atoms with van der Waals surface area (Å²) >= 11 is 0. The lowest BCUT2D eigenvalue weighted by Gasteiger charge is -2.36. The van der Waals surface area contributed by atoms with E-state index in [1.165, 1.54) is 6.42 Å². The van der Waals surface area contributed by atoms with Crippen LogP contribution in [0.5, 0.6) is 0 Å². The Balaban J connectivity index is 1.48. The lowest BCUT2D eigenvalue weighted by Crippen LogP contribution is -2.51. The first kappa shape index (κ1) is 18.2. The molecule has 1 N–H and O–H groups in total. The first-order valence-electron chi connectivity index (χ1n) is 9.42. The molecule has 1 aliphatic carbocycles. The average molecular weight is 346 g/mol. The molecule has 1 saturated heterocycles. The van der Waals surface area contributed by atoms with Gasteiger partial charge in [0.05, 0.1) is 13.2 Å². The summed E-state index contributed by atoms with van der Waals surface area (Å²) in [5.74, 6) is 3.49. The summed E-state index contributed by atoms with van der Waals surface area (Å²) in [5, 5.41) is 3.03. The molecule has 1 aliphatic heterocycles. The highest BCUT2D eigenvalue weighted by atomic mass is 16.5. The highest BCUT2D eigenvalue weighted by Crippen LogP contribution is 2.47. The van der Waals surface area contributed by atoms with E-state index in [2.05, 4.69) is 31.0 Å². The maximum Gasteiger partial charge on any atom is 0.244 e. The topological polar surface area (TPSA) is 54.7 Å². The van der Waals surface area contributed by atoms with E-state index in [1.54, 1.807) is 12.2 Å². The van der Waals surface area contributed by atoms with Crippen LogP contribution in [-0.4, -0.2) is 49.7 Å². The molecule has 3 atom stereocenters. The highest BCUT2D eigenvalue weighted by molar-refractivity contribution is 5.91. The largest absolute Gasteiger partial charge is 0.461 e. The fourth-order valence-electron chi connectivity index (χ4n) is 3.49. The van der Waals surface area contributed by atoms with E-state index in [9.17, 15) is 4.79 Å². The van der Waals surface area contributed by atoms with Crippen LogP contribution in [-0.2, 0) is 9.53 Å². The second-order valence-corrected chi connectivity index (χ2v) is 7.60. The zero-order chi connectivity index (χ0) is 17.8. The number of carbonyl (C=O) groups excluding carboxylic acids is 1. The lowest BCUT2D eigenvalue weighted by atomic mass is 10.0. The maximum absolute atomic E-state index is 12.1. The van der Waals surface area contributed by atoms with E-state index in [1.807, 2.05) is 12.1 Å². The molecule has 5 nitrogen and oxygen atoms in total. The lowest BCUT2D eigenvalue weighted by molar-refractivity contribution is -0.116. The second-order valence-electron chi connectivity index (χ2n) is 7.60. The van der Waals surface area contributed by atoms with Crippen molar-refractivity contribution in [1.82, 2.24) is 10.2 Å². The standard InChI is InChI=1S/C20H30N2O3/c1-14(2)18(22-8-10-24-11-9-22)13-21-20(23)7-5-16-4-6-19(25-16)17-12-15(17)3/h4-7,14-15,17-18H,8-13H2,1-3H3,(H,21,23)/b7-5+/t15-,17-,18+/m1/s1. The van der Waals surface area contributed by atoms with Crippen molar-refractivity contribution in [2.24, 2.45) is 11.8 Å². The van der Waals surface area contributed by atoms with Crippen molar-refractivity contribution >= 4 is 12.0 Å². The van der Waals surface area contributed by atoms with E-state index in [0.717, 1.165) is 43.7 Å². The minimum atomic E-state index is -0.0725. The molecule has 1 aromatic heterocycles. The van der Waals surface area contributed by atoms with E-state index < -0.39 is 0 Å². The van der Waals surface area contributed by atoms with Gasteiger partial charge < -0.3 is 14.5 Å². The summed E-state index contributed by atoms with van der Waals surface area (Å²) in [6, 6.07) is 4.31. The van der Waals surface area contributed by atoms with Crippen molar-refractivity contribution in [3.8, 4) is 0 Å². The number of hydrogen-bond acceptors (Lipinski definition) is 4. The molecule has 0 radical (unpaired) electrons. The number of amides is 1. The average Bonchev–Trinajstić information content (AvgIpc) is 3.15.